The molecule has 1 heteroatoms. The first-order valence-electron chi connectivity index (χ1n) is 5.25. The Balaban J connectivity index is 2.28. The maximum atomic E-state index is 3.44. The van der Waals surface area contributed by atoms with Crippen molar-refractivity contribution in [1.82, 2.24) is 0 Å². The van der Waals surface area contributed by atoms with Crippen LogP contribution in [0.4, 0.5) is 0 Å². The Morgan fingerprint density at radius 3 is 2.19 bits per heavy atom. The molecule has 80 valence electrons. The van der Waals surface area contributed by atoms with Gasteiger partial charge in [-0.25, -0.2) is 0 Å². The molecular weight excluding hydrogens is 260 g/mol. The highest BCUT2D eigenvalue weighted by molar-refractivity contribution is 9.10. The van der Waals surface area contributed by atoms with Gasteiger partial charge in [0.2, 0.25) is 0 Å². The predicted octanol–water partition coefficient (Wildman–Crippen LogP) is 5.01. The second-order valence-corrected chi connectivity index (χ2v) is 4.66. The van der Waals surface area contributed by atoms with E-state index >= 15 is 0 Å². The van der Waals surface area contributed by atoms with Crippen LogP contribution in [0.15, 0.2) is 59.1 Å². The highest BCUT2D eigenvalue weighted by atomic mass is 79.9. The predicted molar refractivity (Wildman–Crippen MR) is 74.1 cm³/mol. The van der Waals surface area contributed by atoms with Crippen LogP contribution >= 0.6 is 15.9 Å². The molecule has 0 saturated heterocycles. The van der Waals surface area contributed by atoms with Gasteiger partial charge in [-0.15, -0.1) is 0 Å². The monoisotopic (exact) mass is 272 g/mol. The minimum Gasteiger partial charge on any atom is -0.0622 e. The zero-order valence-electron chi connectivity index (χ0n) is 9.15. The van der Waals surface area contributed by atoms with Gasteiger partial charge in [-0.1, -0.05) is 64.5 Å². The summed E-state index contributed by atoms with van der Waals surface area (Å²) in [7, 11) is 0. The molecule has 0 N–H and O–H groups in total. The second kappa shape index (κ2) is 5.13. The molecule has 0 bridgehead atoms. The van der Waals surface area contributed by atoms with Crippen LogP contribution in [0.3, 0.4) is 0 Å². The molecule has 0 amide bonds. The van der Waals surface area contributed by atoms with E-state index in [9.17, 15) is 0 Å². The molecule has 0 aliphatic rings. The molecule has 0 heterocycles. The normalized spacial score (nSPS) is 11.5. The molecule has 0 atom stereocenters. The van der Waals surface area contributed by atoms with Gasteiger partial charge in [0.15, 0.2) is 0 Å². The van der Waals surface area contributed by atoms with E-state index in [0.717, 1.165) is 4.47 Å². The third-order valence-corrected chi connectivity index (χ3v) is 3.01. The van der Waals surface area contributed by atoms with E-state index in [1.54, 1.807) is 0 Å². The molecule has 2 aromatic rings. The minimum atomic E-state index is 1.11. The second-order valence-electron chi connectivity index (χ2n) is 3.74. The van der Waals surface area contributed by atoms with Crippen molar-refractivity contribution in [2.75, 3.05) is 0 Å². The van der Waals surface area contributed by atoms with Gasteiger partial charge in [-0.05, 0) is 35.8 Å². The minimum absolute atomic E-state index is 1.11. The Bertz CT molecular complexity index is 481. The first kappa shape index (κ1) is 11.2. The van der Waals surface area contributed by atoms with Gasteiger partial charge in [-0.2, -0.15) is 0 Å². The van der Waals surface area contributed by atoms with Crippen molar-refractivity contribution in [3.05, 3.63) is 70.2 Å². The van der Waals surface area contributed by atoms with Crippen LogP contribution < -0.4 is 0 Å². The molecule has 0 aliphatic heterocycles. The number of hydrogen-bond donors (Lipinski definition) is 0. The lowest BCUT2D eigenvalue weighted by Gasteiger charge is -2.01. The molecule has 0 saturated carbocycles. The van der Waals surface area contributed by atoms with Crippen LogP contribution in [0.1, 0.15) is 18.1 Å². The Hall–Kier alpha value is -1.34. The van der Waals surface area contributed by atoms with Crippen molar-refractivity contribution in [1.29, 1.82) is 0 Å². The molecule has 2 aromatic carbocycles. The van der Waals surface area contributed by atoms with Gasteiger partial charge in [-0.3, -0.25) is 0 Å². The molecule has 16 heavy (non-hydrogen) atoms. The van der Waals surface area contributed by atoms with Gasteiger partial charge in [0.05, 0.1) is 0 Å². The van der Waals surface area contributed by atoms with Crippen LogP contribution in [0.2, 0.25) is 0 Å². The Morgan fingerprint density at radius 2 is 1.56 bits per heavy atom. The molecule has 0 aromatic heterocycles. The van der Waals surface area contributed by atoms with Crippen LogP contribution in [-0.2, 0) is 0 Å². The molecule has 0 aliphatic carbocycles. The smallest absolute Gasteiger partial charge is 0.0175 e. The summed E-state index contributed by atoms with van der Waals surface area (Å²) >= 11 is 3.44. The van der Waals surface area contributed by atoms with E-state index < -0.39 is 0 Å². The molecule has 2 rings (SSSR count). The average molecular weight is 273 g/mol. The molecule has 0 unspecified atom stereocenters. The average Bonchev–Trinajstić information content (AvgIpc) is 2.33. The van der Waals surface area contributed by atoms with E-state index in [0.29, 0.717) is 0 Å². The summed E-state index contributed by atoms with van der Waals surface area (Å²) < 4.78 is 1.11. The highest BCUT2D eigenvalue weighted by Crippen LogP contribution is 2.18. The standard InChI is InChI=1S/C15H13Br/c1-12(14-5-3-2-4-6-14)11-13-7-9-15(16)10-8-13/h2-11H,1H3/b12-11+. The quantitative estimate of drug-likeness (QED) is 0.675. The van der Waals surface area contributed by atoms with Gasteiger partial charge in [0, 0.05) is 4.47 Å². The Kier molecular flexibility index (Phi) is 3.58. The van der Waals surface area contributed by atoms with Crippen molar-refractivity contribution in [2.45, 2.75) is 6.92 Å². The molecule has 0 nitrogen and oxygen atoms in total. The summed E-state index contributed by atoms with van der Waals surface area (Å²) in [5.41, 5.74) is 3.78. The lowest BCUT2D eigenvalue weighted by molar-refractivity contribution is 1.56. The van der Waals surface area contributed by atoms with Crippen LogP contribution in [0, 0.1) is 0 Å². The van der Waals surface area contributed by atoms with E-state index in [1.165, 1.54) is 16.7 Å². The van der Waals surface area contributed by atoms with Crippen molar-refractivity contribution < 1.29 is 0 Å². The highest BCUT2D eigenvalue weighted by Gasteiger charge is 1.94. The fourth-order valence-corrected chi connectivity index (χ4v) is 1.86. The van der Waals surface area contributed by atoms with E-state index in [1.807, 2.05) is 6.07 Å². The fourth-order valence-electron chi connectivity index (χ4n) is 1.59. The van der Waals surface area contributed by atoms with Crippen LogP contribution in [0.25, 0.3) is 11.6 Å². The van der Waals surface area contributed by atoms with Gasteiger partial charge in [0.25, 0.3) is 0 Å². The fraction of sp³-hybridized carbons (Fsp3) is 0.0667. The third-order valence-electron chi connectivity index (χ3n) is 2.48. The third kappa shape index (κ3) is 2.83. The Morgan fingerprint density at radius 1 is 0.938 bits per heavy atom. The van der Waals surface area contributed by atoms with Crippen LogP contribution in [-0.4, -0.2) is 0 Å². The van der Waals surface area contributed by atoms with Crippen LogP contribution in [0.5, 0.6) is 0 Å². The topological polar surface area (TPSA) is 0 Å². The first-order valence-corrected chi connectivity index (χ1v) is 6.04. The molecule has 0 spiro atoms. The van der Waals surface area contributed by atoms with E-state index in [2.05, 4.69) is 77.5 Å². The summed E-state index contributed by atoms with van der Waals surface area (Å²) in [6, 6.07) is 18.8. The van der Waals surface area contributed by atoms with Gasteiger partial charge in [0.1, 0.15) is 0 Å². The largest absolute Gasteiger partial charge is 0.0622 e. The number of benzene rings is 2. The Labute approximate surface area is 105 Å². The summed E-state index contributed by atoms with van der Waals surface area (Å²) in [4.78, 5) is 0. The lowest BCUT2D eigenvalue weighted by atomic mass is 10.0. The molecular formula is C15H13Br. The summed E-state index contributed by atoms with van der Waals surface area (Å²) in [6.45, 7) is 2.14. The summed E-state index contributed by atoms with van der Waals surface area (Å²) in [5.74, 6) is 0. The number of halogens is 1. The SMILES string of the molecule is C/C(=C\c1ccc(Br)cc1)c1ccccc1. The molecule has 0 fully saturated rings. The zero-order chi connectivity index (χ0) is 11.4. The van der Waals surface area contributed by atoms with Gasteiger partial charge >= 0.3 is 0 Å². The zero-order valence-corrected chi connectivity index (χ0v) is 10.7. The molecule has 0 radical (unpaired) electrons. The number of allylic oxidation sites excluding steroid dienone is 1. The van der Waals surface area contributed by atoms with Crippen molar-refractivity contribution in [3.8, 4) is 0 Å². The first-order chi connectivity index (χ1) is 7.75. The maximum Gasteiger partial charge on any atom is 0.0175 e. The summed E-state index contributed by atoms with van der Waals surface area (Å²) in [6.07, 6.45) is 2.20. The lowest BCUT2D eigenvalue weighted by Crippen LogP contribution is -1.79. The van der Waals surface area contributed by atoms with Crippen molar-refractivity contribution in [3.63, 3.8) is 0 Å². The maximum absolute atomic E-state index is 3.44. The van der Waals surface area contributed by atoms with E-state index in [-0.39, 0.29) is 0 Å². The van der Waals surface area contributed by atoms with Crippen molar-refractivity contribution >= 4 is 27.6 Å². The van der Waals surface area contributed by atoms with Crippen molar-refractivity contribution in [2.24, 2.45) is 0 Å². The number of hydrogen-bond acceptors (Lipinski definition) is 0. The van der Waals surface area contributed by atoms with E-state index in [4.69, 9.17) is 0 Å². The van der Waals surface area contributed by atoms with Gasteiger partial charge < -0.3 is 0 Å². The number of rotatable bonds is 2. The summed E-state index contributed by atoms with van der Waals surface area (Å²) in [5, 5.41) is 0.